The van der Waals surface area contributed by atoms with Gasteiger partial charge in [0.15, 0.2) is 17.3 Å². The molecular formula is C24H31NO5. The number of phenols is 1. The maximum atomic E-state index is 13.1. The van der Waals surface area contributed by atoms with Crippen molar-refractivity contribution in [3.05, 3.63) is 47.5 Å². The fourth-order valence-electron chi connectivity index (χ4n) is 3.94. The summed E-state index contributed by atoms with van der Waals surface area (Å²) in [6.07, 6.45) is 1.91. The molecule has 1 fully saturated rings. The van der Waals surface area contributed by atoms with Crippen molar-refractivity contribution in [3.8, 4) is 23.0 Å². The molecule has 0 aliphatic carbocycles. The molecule has 6 nitrogen and oxygen atoms in total. The van der Waals surface area contributed by atoms with Crippen LogP contribution in [-0.2, 0) is 6.54 Å². The van der Waals surface area contributed by atoms with E-state index in [1.807, 2.05) is 50.2 Å². The number of piperidine rings is 1. The molecule has 0 radical (unpaired) electrons. The number of methoxy groups -OCH3 is 2. The van der Waals surface area contributed by atoms with Crippen molar-refractivity contribution < 1.29 is 24.1 Å². The molecule has 0 amide bonds. The first-order valence-corrected chi connectivity index (χ1v) is 10.4. The number of hydrogen-bond acceptors (Lipinski definition) is 6. The molecule has 0 spiro atoms. The molecule has 6 heteroatoms. The molecule has 1 saturated heterocycles. The topological polar surface area (TPSA) is 68.2 Å². The Labute approximate surface area is 178 Å². The van der Waals surface area contributed by atoms with E-state index < -0.39 is 0 Å². The summed E-state index contributed by atoms with van der Waals surface area (Å²) < 4.78 is 16.3. The Morgan fingerprint density at radius 2 is 1.87 bits per heavy atom. The minimum Gasteiger partial charge on any atom is -0.502 e. The Kier molecular flexibility index (Phi) is 7.21. The second-order valence-corrected chi connectivity index (χ2v) is 7.98. The maximum absolute atomic E-state index is 13.1. The number of benzene rings is 2. The highest BCUT2D eigenvalue weighted by atomic mass is 16.5. The zero-order valence-electron chi connectivity index (χ0n) is 18.2. The second kappa shape index (κ2) is 9.85. The summed E-state index contributed by atoms with van der Waals surface area (Å²) in [5.74, 6) is 1.61. The number of rotatable bonds is 8. The first kappa shape index (κ1) is 22.0. The van der Waals surface area contributed by atoms with Crippen LogP contribution in [0.5, 0.6) is 23.0 Å². The maximum Gasteiger partial charge on any atom is 0.200 e. The molecular weight excluding hydrogens is 382 g/mol. The average molecular weight is 414 g/mol. The number of phenolic OH excluding ortho intramolecular Hbond substituents is 1. The number of ketones is 1. The van der Waals surface area contributed by atoms with Gasteiger partial charge in [0.25, 0.3) is 0 Å². The molecule has 1 aliphatic heterocycles. The van der Waals surface area contributed by atoms with Crippen LogP contribution in [0, 0.1) is 5.92 Å². The molecule has 2 aromatic rings. The predicted molar refractivity (Wildman–Crippen MR) is 116 cm³/mol. The molecule has 30 heavy (non-hydrogen) atoms. The minimum atomic E-state index is -0.0473. The number of aromatic hydroxyl groups is 1. The normalized spacial score (nSPS) is 17.0. The van der Waals surface area contributed by atoms with E-state index in [0.29, 0.717) is 30.2 Å². The number of nitrogens with zero attached hydrogens (tertiary/aromatic N) is 1. The van der Waals surface area contributed by atoms with E-state index in [-0.39, 0.29) is 23.6 Å². The molecule has 1 heterocycles. The summed E-state index contributed by atoms with van der Waals surface area (Å²) in [5, 5.41) is 10.1. The van der Waals surface area contributed by atoms with Crippen molar-refractivity contribution >= 4 is 5.78 Å². The summed E-state index contributed by atoms with van der Waals surface area (Å²) in [4.78, 5) is 15.4. The molecule has 1 atom stereocenters. The van der Waals surface area contributed by atoms with Crippen LogP contribution >= 0.6 is 0 Å². The van der Waals surface area contributed by atoms with Crippen LogP contribution in [0.25, 0.3) is 0 Å². The molecule has 1 aliphatic rings. The van der Waals surface area contributed by atoms with Crippen LogP contribution in [0.15, 0.2) is 36.4 Å². The van der Waals surface area contributed by atoms with Gasteiger partial charge in [-0.2, -0.15) is 0 Å². The lowest BCUT2D eigenvalue weighted by molar-refractivity contribution is 0.0810. The fourth-order valence-corrected chi connectivity index (χ4v) is 3.94. The largest absolute Gasteiger partial charge is 0.502 e. The van der Waals surface area contributed by atoms with Crippen LogP contribution in [0.1, 0.15) is 42.6 Å². The number of carbonyl (C=O) groups is 1. The smallest absolute Gasteiger partial charge is 0.200 e. The lowest BCUT2D eigenvalue weighted by Crippen LogP contribution is -2.38. The zero-order valence-corrected chi connectivity index (χ0v) is 18.2. The van der Waals surface area contributed by atoms with E-state index in [2.05, 4.69) is 4.90 Å². The third-order valence-corrected chi connectivity index (χ3v) is 5.31. The van der Waals surface area contributed by atoms with E-state index in [1.165, 1.54) is 14.2 Å². The Bertz CT molecular complexity index is 855. The van der Waals surface area contributed by atoms with Gasteiger partial charge in [-0.15, -0.1) is 0 Å². The first-order valence-electron chi connectivity index (χ1n) is 10.4. The van der Waals surface area contributed by atoms with Crippen molar-refractivity contribution in [2.45, 2.75) is 39.3 Å². The van der Waals surface area contributed by atoms with Gasteiger partial charge in [0.2, 0.25) is 5.75 Å². The van der Waals surface area contributed by atoms with Crippen LogP contribution < -0.4 is 14.2 Å². The van der Waals surface area contributed by atoms with Gasteiger partial charge in [-0.3, -0.25) is 9.69 Å². The summed E-state index contributed by atoms with van der Waals surface area (Å²) in [6.45, 7) is 6.22. The summed E-state index contributed by atoms with van der Waals surface area (Å²) in [7, 11) is 3.04. The number of Topliss-reactive ketones (excluding diaryl/α,β-unsaturated/α-hetero) is 1. The van der Waals surface area contributed by atoms with Gasteiger partial charge in [-0.25, -0.2) is 0 Å². The van der Waals surface area contributed by atoms with Crippen molar-refractivity contribution in [3.63, 3.8) is 0 Å². The molecule has 3 rings (SSSR count). The van der Waals surface area contributed by atoms with E-state index in [9.17, 15) is 9.90 Å². The quantitative estimate of drug-likeness (QED) is 0.651. The fraction of sp³-hybridized carbons (Fsp3) is 0.458. The van der Waals surface area contributed by atoms with Crippen molar-refractivity contribution in [2.24, 2.45) is 5.92 Å². The third kappa shape index (κ3) is 5.25. The standard InChI is InChI=1S/C24H31NO5/c1-16(2)30-20-9-5-7-18(13-20)23(26)19-8-6-10-25(15-19)14-17-11-21(28-3)24(27)22(12-17)29-4/h5,7,9,11-13,16,19,27H,6,8,10,14-15H2,1-4H3/t19-/m0/s1. The van der Waals surface area contributed by atoms with Crippen molar-refractivity contribution in [2.75, 3.05) is 27.3 Å². The van der Waals surface area contributed by atoms with Crippen LogP contribution in [-0.4, -0.2) is 49.2 Å². The summed E-state index contributed by atoms with van der Waals surface area (Å²) in [6, 6.07) is 11.1. The SMILES string of the molecule is COc1cc(CN2CCC[C@H](C(=O)c3cccc(OC(C)C)c3)C2)cc(OC)c1O. The van der Waals surface area contributed by atoms with Gasteiger partial charge < -0.3 is 19.3 Å². The molecule has 0 saturated carbocycles. The highest BCUT2D eigenvalue weighted by molar-refractivity contribution is 5.98. The van der Waals surface area contributed by atoms with Gasteiger partial charge >= 0.3 is 0 Å². The Balaban J connectivity index is 1.71. The Morgan fingerprint density at radius 3 is 2.50 bits per heavy atom. The number of hydrogen-bond donors (Lipinski definition) is 1. The number of likely N-dealkylation sites (tertiary alicyclic amines) is 1. The lowest BCUT2D eigenvalue weighted by Gasteiger charge is -2.32. The number of ether oxygens (including phenoxy) is 3. The number of carbonyl (C=O) groups excluding carboxylic acids is 1. The van der Waals surface area contributed by atoms with Crippen molar-refractivity contribution in [1.29, 1.82) is 0 Å². The zero-order chi connectivity index (χ0) is 21.7. The summed E-state index contributed by atoms with van der Waals surface area (Å²) >= 11 is 0. The third-order valence-electron chi connectivity index (χ3n) is 5.31. The van der Waals surface area contributed by atoms with Crippen LogP contribution in [0.4, 0.5) is 0 Å². The van der Waals surface area contributed by atoms with Crippen LogP contribution in [0.3, 0.4) is 0 Å². The van der Waals surface area contributed by atoms with E-state index in [1.54, 1.807) is 0 Å². The van der Waals surface area contributed by atoms with E-state index in [0.717, 1.165) is 30.7 Å². The average Bonchev–Trinajstić information content (AvgIpc) is 2.74. The highest BCUT2D eigenvalue weighted by Crippen LogP contribution is 2.37. The van der Waals surface area contributed by atoms with Gasteiger partial charge in [0.1, 0.15) is 5.75 Å². The molecule has 162 valence electrons. The van der Waals surface area contributed by atoms with Gasteiger partial charge in [0, 0.05) is 24.6 Å². The molecule has 0 aromatic heterocycles. The van der Waals surface area contributed by atoms with Gasteiger partial charge in [-0.1, -0.05) is 12.1 Å². The molecule has 0 unspecified atom stereocenters. The van der Waals surface area contributed by atoms with Crippen molar-refractivity contribution in [1.82, 2.24) is 4.90 Å². The summed E-state index contributed by atoms with van der Waals surface area (Å²) in [5.41, 5.74) is 1.68. The second-order valence-electron chi connectivity index (χ2n) is 7.98. The molecule has 1 N–H and O–H groups in total. The highest BCUT2D eigenvalue weighted by Gasteiger charge is 2.27. The Hall–Kier alpha value is -2.73. The predicted octanol–water partition coefficient (Wildman–Crippen LogP) is 4.29. The first-order chi connectivity index (χ1) is 14.4. The van der Waals surface area contributed by atoms with Gasteiger partial charge in [0.05, 0.1) is 20.3 Å². The molecule has 2 aromatic carbocycles. The van der Waals surface area contributed by atoms with E-state index in [4.69, 9.17) is 14.2 Å². The lowest BCUT2D eigenvalue weighted by atomic mass is 9.89. The monoisotopic (exact) mass is 413 g/mol. The van der Waals surface area contributed by atoms with Crippen LogP contribution in [0.2, 0.25) is 0 Å². The van der Waals surface area contributed by atoms with E-state index >= 15 is 0 Å². The Morgan fingerprint density at radius 1 is 1.17 bits per heavy atom. The molecule has 0 bridgehead atoms. The minimum absolute atomic E-state index is 0.000975. The van der Waals surface area contributed by atoms with Gasteiger partial charge in [-0.05, 0) is 63.1 Å².